The van der Waals surface area contributed by atoms with Crippen LogP contribution in [0.5, 0.6) is 0 Å². The molecular formula is C13H20O3. The van der Waals surface area contributed by atoms with Crippen molar-refractivity contribution in [2.75, 3.05) is 13.7 Å². The summed E-state index contributed by atoms with van der Waals surface area (Å²) >= 11 is 0. The molecule has 1 aliphatic carbocycles. The molecule has 16 heavy (non-hydrogen) atoms. The number of ether oxygens (including phenoxy) is 2. The van der Waals surface area contributed by atoms with Gasteiger partial charge in [0, 0.05) is 13.5 Å². The minimum absolute atomic E-state index is 0.0643. The van der Waals surface area contributed by atoms with Gasteiger partial charge in [-0.1, -0.05) is 25.7 Å². The zero-order valence-corrected chi connectivity index (χ0v) is 9.96. The number of carbonyl (C=O) groups excluding carboxylic acids is 1. The molecule has 0 aromatic rings. The zero-order valence-electron chi connectivity index (χ0n) is 9.96. The molecule has 0 saturated heterocycles. The molecule has 0 amide bonds. The van der Waals surface area contributed by atoms with E-state index in [1.165, 1.54) is 12.8 Å². The summed E-state index contributed by atoms with van der Waals surface area (Å²) < 4.78 is 10.9. The SMILES string of the molecule is COC1(C(=O)C2=CCCO2)CCCCCC1. The quantitative estimate of drug-likeness (QED) is 0.691. The summed E-state index contributed by atoms with van der Waals surface area (Å²) in [5.74, 6) is 0.596. The van der Waals surface area contributed by atoms with Crippen LogP contribution in [-0.2, 0) is 14.3 Å². The molecule has 3 nitrogen and oxygen atoms in total. The van der Waals surface area contributed by atoms with Crippen molar-refractivity contribution in [2.24, 2.45) is 0 Å². The lowest BCUT2D eigenvalue weighted by Crippen LogP contribution is -2.41. The van der Waals surface area contributed by atoms with E-state index in [0.29, 0.717) is 12.4 Å². The molecule has 1 fully saturated rings. The Morgan fingerprint density at radius 1 is 1.31 bits per heavy atom. The lowest BCUT2D eigenvalue weighted by Gasteiger charge is -2.29. The Morgan fingerprint density at radius 3 is 2.50 bits per heavy atom. The van der Waals surface area contributed by atoms with Crippen molar-refractivity contribution in [2.45, 2.75) is 50.5 Å². The monoisotopic (exact) mass is 224 g/mol. The third-order valence-electron chi connectivity index (χ3n) is 3.64. The molecule has 1 aliphatic heterocycles. The van der Waals surface area contributed by atoms with Gasteiger partial charge in [0.1, 0.15) is 5.60 Å². The first-order valence-corrected chi connectivity index (χ1v) is 6.21. The first kappa shape index (κ1) is 11.6. The topological polar surface area (TPSA) is 35.5 Å². The maximum atomic E-state index is 12.4. The molecule has 3 heteroatoms. The lowest BCUT2D eigenvalue weighted by molar-refractivity contribution is -0.141. The Morgan fingerprint density at radius 2 is 2.00 bits per heavy atom. The van der Waals surface area contributed by atoms with Gasteiger partial charge in [0.15, 0.2) is 5.76 Å². The van der Waals surface area contributed by atoms with Crippen LogP contribution in [0, 0.1) is 0 Å². The molecule has 90 valence electrons. The zero-order chi connectivity index (χ0) is 11.4. The number of hydrogen-bond donors (Lipinski definition) is 0. The minimum atomic E-state index is -0.604. The smallest absolute Gasteiger partial charge is 0.228 e. The van der Waals surface area contributed by atoms with E-state index in [1.54, 1.807) is 7.11 Å². The van der Waals surface area contributed by atoms with Gasteiger partial charge in [0.05, 0.1) is 6.61 Å². The Bertz CT molecular complexity index is 286. The normalized spacial score (nSPS) is 24.4. The highest BCUT2D eigenvalue weighted by molar-refractivity contribution is 6.00. The van der Waals surface area contributed by atoms with E-state index >= 15 is 0 Å². The first-order chi connectivity index (χ1) is 7.78. The van der Waals surface area contributed by atoms with Crippen LogP contribution in [0.4, 0.5) is 0 Å². The van der Waals surface area contributed by atoms with E-state index in [0.717, 1.165) is 32.1 Å². The third kappa shape index (κ3) is 2.14. The fraction of sp³-hybridized carbons (Fsp3) is 0.769. The molecule has 0 spiro atoms. The van der Waals surface area contributed by atoms with Crippen LogP contribution < -0.4 is 0 Å². The van der Waals surface area contributed by atoms with Gasteiger partial charge in [-0.15, -0.1) is 0 Å². The number of methoxy groups -OCH3 is 1. The van der Waals surface area contributed by atoms with Crippen molar-refractivity contribution in [1.82, 2.24) is 0 Å². The van der Waals surface area contributed by atoms with Crippen LogP contribution in [0.2, 0.25) is 0 Å². The summed E-state index contributed by atoms with van der Waals surface area (Å²) in [4.78, 5) is 12.4. The number of rotatable bonds is 3. The Kier molecular flexibility index (Phi) is 3.64. The van der Waals surface area contributed by atoms with Gasteiger partial charge in [-0.2, -0.15) is 0 Å². The standard InChI is InChI=1S/C13H20O3/c1-15-13(8-4-2-3-5-9-13)12(14)11-7-6-10-16-11/h7H,2-6,8-10H2,1H3. The van der Waals surface area contributed by atoms with Crippen LogP contribution >= 0.6 is 0 Å². The molecule has 0 bridgehead atoms. The number of ketones is 1. The van der Waals surface area contributed by atoms with Crippen LogP contribution in [0.25, 0.3) is 0 Å². The van der Waals surface area contributed by atoms with Crippen molar-refractivity contribution in [1.29, 1.82) is 0 Å². The van der Waals surface area contributed by atoms with Gasteiger partial charge in [-0.05, 0) is 18.9 Å². The first-order valence-electron chi connectivity index (χ1n) is 6.21. The van der Waals surface area contributed by atoms with E-state index in [4.69, 9.17) is 9.47 Å². The summed E-state index contributed by atoms with van der Waals surface area (Å²) in [7, 11) is 1.65. The fourth-order valence-corrected chi connectivity index (χ4v) is 2.62. The predicted octanol–water partition coefficient (Wildman–Crippen LogP) is 2.60. The molecular weight excluding hydrogens is 204 g/mol. The largest absolute Gasteiger partial charge is 0.490 e. The average Bonchev–Trinajstić information content (AvgIpc) is 2.73. The molecule has 2 rings (SSSR count). The molecule has 2 aliphatic rings. The van der Waals surface area contributed by atoms with E-state index in [-0.39, 0.29) is 5.78 Å². The Labute approximate surface area is 96.8 Å². The van der Waals surface area contributed by atoms with Crippen LogP contribution in [0.1, 0.15) is 44.9 Å². The molecule has 0 atom stereocenters. The van der Waals surface area contributed by atoms with Crippen molar-refractivity contribution >= 4 is 5.78 Å². The van der Waals surface area contributed by atoms with Gasteiger partial charge in [-0.3, -0.25) is 4.79 Å². The average molecular weight is 224 g/mol. The summed E-state index contributed by atoms with van der Waals surface area (Å²) in [6.07, 6.45) is 8.98. The predicted molar refractivity (Wildman–Crippen MR) is 61.1 cm³/mol. The Hall–Kier alpha value is -0.830. The second kappa shape index (κ2) is 5.00. The molecule has 1 heterocycles. The molecule has 0 radical (unpaired) electrons. The van der Waals surface area contributed by atoms with Gasteiger partial charge in [-0.25, -0.2) is 0 Å². The maximum Gasteiger partial charge on any atom is 0.228 e. The van der Waals surface area contributed by atoms with Crippen molar-refractivity contribution in [3.8, 4) is 0 Å². The molecule has 1 saturated carbocycles. The van der Waals surface area contributed by atoms with E-state index in [2.05, 4.69) is 0 Å². The maximum absolute atomic E-state index is 12.4. The third-order valence-corrected chi connectivity index (χ3v) is 3.64. The minimum Gasteiger partial charge on any atom is -0.490 e. The molecule has 0 unspecified atom stereocenters. The Balaban J connectivity index is 2.15. The van der Waals surface area contributed by atoms with Gasteiger partial charge >= 0.3 is 0 Å². The van der Waals surface area contributed by atoms with E-state index in [9.17, 15) is 4.79 Å². The highest BCUT2D eigenvalue weighted by Crippen LogP contribution is 2.33. The van der Waals surface area contributed by atoms with Gasteiger partial charge in [0.2, 0.25) is 5.78 Å². The van der Waals surface area contributed by atoms with Crippen molar-refractivity contribution in [3.05, 3.63) is 11.8 Å². The number of carbonyl (C=O) groups is 1. The molecule has 0 aromatic heterocycles. The van der Waals surface area contributed by atoms with Gasteiger partial charge < -0.3 is 9.47 Å². The van der Waals surface area contributed by atoms with Crippen LogP contribution in [0.3, 0.4) is 0 Å². The number of Topliss-reactive ketones (excluding diaryl/α,β-unsaturated/α-hetero) is 1. The summed E-state index contributed by atoms with van der Waals surface area (Å²) in [5.41, 5.74) is -0.604. The molecule has 0 aromatic carbocycles. The van der Waals surface area contributed by atoms with Crippen molar-refractivity contribution < 1.29 is 14.3 Å². The number of hydrogen-bond acceptors (Lipinski definition) is 3. The van der Waals surface area contributed by atoms with Crippen LogP contribution in [-0.4, -0.2) is 25.1 Å². The summed E-state index contributed by atoms with van der Waals surface area (Å²) in [5, 5.41) is 0. The second-order valence-electron chi connectivity index (χ2n) is 4.65. The summed E-state index contributed by atoms with van der Waals surface area (Å²) in [6, 6.07) is 0. The summed E-state index contributed by atoms with van der Waals surface area (Å²) in [6.45, 7) is 0.640. The highest BCUT2D eigenvalue weighted by atomic mass is 16.5. The van der Waals surface area contributed by atoms with Crippen LogP contribution in [0.15, 0.2) is 11.8 Å². The lowest BCUT2D eigenvalue weighted by atomic mass is 9.88. The second-order valence-corrected chi connectivity index (χ2v) is 4.65. The molecule has 0 N–H and O–H groups in total. The van der Waals surface area contributed by atoms with Crippen molar-refractivity contribution in [3.63, 3.8) is 0 Å². The van der Waals surface area contributed by atoms with E-state index < -0.39 is 5.60 Å². The fourth-order valence-electron chi connectivity index (χ4n) is 2.62. The van der Waals surface area contributed by atoms with Gasteiger partial charge in [0.25, 0.3) is 0 Å². The highest BCUT2D eigenvalue weighted by Gasteiger charge is 2.41. The van der Waals surface area contributed by atoms with E-state index in [1.807, 2.05) is 6.08 Å².